The number of halogens is 1. The Balaban J connectivity index is 1.96. The predicted molar refractivity (Wildman–Crippen MR) is 105 cm³/mol. The summed E-state index contributed by atoms with van der Waals surface area (Å²) in [6, 6.07) is 12.5. The van der Waals surface area contributed by atoms with E-state index in [1.54, 1.807) is 49.4 Å². The standard InChI is InChI=1S/C20H17ClN4O3/c1-11-17(19(26)24-15-8-7-14(21)9-16(15)28-2)18(25-20(27)23-11)13-5-3-12(10-22)4-6-13/h3-9,18H,1-2H3,(H,24,26)(H2,23,25,27). The summed E-state index contributed by atoms with van der Waals surface area (Å²) in [5.41, 5.74) is 2.40. The average molecular weight is 397 g/mol. The largest absolute Gasteiger partial charge is 0.495 e. The SMILES string of the molecule is COc1cc(Cl)ccc1NC(=O)C1=C(C)NC(=O)NC1c1ccc(C#N)cc1. The smallest absolute Gasteiger partial charge is 0.319 e. The summed E-state index contributed by atoms with van der Waals surface area (Å²) < 4.78 is 5.26. The molecule has 2 aromatic carbocycles. The van der Waals surface area contributed by atoms with Crippen molar-refractivity contribution in [2.24, 2.45) is 0 Å². The Bertz CT molecular complexity index is 1010. The Morgan fingerprint density at radius 2 is 1.96 bits per heavy atom. The molecule has 0 aliphatic carbocycles. The lowest BCUT2D eigenvalue weighted by atomic mass is 9.94. The summed E-state index contributed by atoms with van der Waals surface area (Å²) >= 11 is 5.97. The Labute approximate surface area is 166 Å². The van der Waals surface area contributed by atoms with Gasteiger partial charge >= 0.3 is 6.03 Å². The number of hydrogen-bond acceptors (Lipinski definition) is 4. The lowest BCUT2D eigenvalue weighted by Crippen LogP contribution is -2.46. The van der Waals surface area contributed by atoms with Crippen LogP contribution in [-0.2, 0) is 4.79 Å². The number of amides is 3. The molecule has 7 nitrogen and oxygen atoms in total. The predicted octanol–water partition coefficient (Wildman–Crippen LogP) is 3.49. The number of methoxy groups -OCH3 is 1. The van der Waals surface area contributed by atoms with Crippen LogP contribution in [0, 0.1) is 11.3 Å². The van der Waals surface area contributed by atoms with Crippen LogP contribution in [0.2, 0.25) is 5.02 Å². The molecule has 0 fully saturated rings. The summed E-state index contributed by atoms with van der Waals surface area (Å²) in [4.78, 5) is 25.0. The first-order valence-electron chi connectivity index (χ1n) is 8.36. The van der Waals surface area contributed by atoms with Crippen molar-refractivity contribution in [3.63, 3.8) is 0 Å². The number of hydrogen-bond donors (Lipinski definition) is 3. The Morgan fingerprint density at radius 3 is 2.61 bits per heavy atom. The number of anilines is 1. The van der Waals surface area contributed by atoms with Gasteiger partial charge in [-0.3, -0.25) is 4.79 Å². The van der Waals surface area contributed by atoms with Crippen LogP contribution in [0.15, 0.2) is 53.7 Å². The summed E-state index contributed by atoms with van der Waals surface area (Å²) in [7, 11) is 1.48. The number of ether oxygens (including phenoxy) is 1. The van der Waals surface area contributed by atoms with Gasteiger partial charge in [-0.2, -0.15) is 5.26 Å². The molecule has 0 bridgehead atoms. The number of nitriles is 1. The van der Waals surface area contributed by atoms with E-state index >= 15 is 0 Å². The van der Waals surface area contributed by atoms with Gasteiger partial charge in [-0.25, -0.2) is 4.79 Å². The van der Waals surface area contributed by atoms with Crippen molar-refractivity contribution in [2.45, 2.75) is 13.0 Å². The first-order chi connectivity index (χ1) is 13.4. The minimum Gasteiger partial charge on any atom is -0.495 e. The maximum absolute atomic E-state index is 13.0. The van der Waals surface area contributed by atoms with E-state index < -0.39 is 18.0 Å². The second-order valence-electron chi connectivity index (χ2n) is 6.10. The van der Waals surface area contributed by atoms with Crippen molar-refractivity contribution in [3.05, 3.63) is 69.9 Å². The molecule has 3 rings (SSSR count). The van der Waals surface area contributed by atoms with E-state index in [9.17, 15) is 9.59 Å². The molecule has 1 atom stereocenters. The van der Waals surface area contributed by atoms with Gasteiger partial charge in [-0.05, 0) is 36.8 Å². The number of urea groups is 1. The van der Waals surface area contributed by atoms with Crippen molar-refractivity contribution >= 4 is 29.2 Å². The molecule has 0 spiro atoms. The van der Waals surface area contributed by atoms with Crippen LogP contribution in [0.3, 0.4) is 0 Å². The maximum atomic E-state index is 13.0. The van der Waals surface area contributed by atoms with Gasteiger partial charge in [-0.15, -0.1) is 0 Å². The summed E-state index contributed by atoms with van der Waals surface area (Å²) in [6.45, 7) is 1.66. The molecule has 8 heteroatoms. The lowest BCUT2D eigenvalue weighted by molar-refractivity contribution is -0.113. The molecule has 0 saturated heterocycles. The number of allylic oxidation sites excluding steroid dienone is 1. The lowest BCUT2D eigenvalue weighted by Gasteiger charge is -2.28. The number of carbonyl (C=O) groups excluding carboxylic acids is 2. The molecule has 1 aliphatic heterocycles. The topological polar surface area (TPSA) is 103 Å². The number of nitrogens with one attached hydrogen (secondary N) is 3. The molecule has 0 saturated carbocycles. The molecule has 1 aliphatic rings. The molecule has 1 unspecified atom stereocenters. The minimum atomic E-state index is -0.667. The van der Waals surface area contributed by atoms with Crippen molar-refractivity contribution in [1.29, 1.82) is 5.26 Å². The van der Waals surface area contributed by atoms with E-state index in [0.29, 0.717) is 38.9 Å². The first kappa shape index (κ1) is 19.3. The molecule has 28 heavy (non-hydrogen) atoms. The fourth-order valence-corrected chi connectivity index (χ4v) is 3.12. The van der Waals surface area contributed by atoms with Crippen LogP contribution < -0.4 is 20.7 Å². The summed E-state index contributed by atoms with van der Waals surface area (Å²) in [5, 5.41) is 17.6. The second-order valence-corrected chi connectivity index (χ2v) is 6.54. The van der Waals surface area contributed by atoms with E-state index in [4.69, 9.17) is 21.6 Å². The number of benzene rings is 2. The molecule has 0 radical (unpaired) electrons. The van der Waals surface area contributed by atoms with E-state index in [0.717, 1.165) is 0 Å². The third-order valence-corrected chi connectivity index (χ3v) is 4.53. The van der Waals surface area contributed by atoms with E-state index in [1.807, 2.05) is 6.07 Å². The molecule has 1 heterocycles. The summed E-state index contributed by atoms with van der Waals surface area (Å²) in [6.07, 6.45) is 0. The van der Waals surface area contributed by atoms with Crippen LogP contribution in [0.4, 0.5) is 10.5 Å². The van der Waals surface area contributed by atoms with Gasteiger partial charge in [0.1, 0.15) is 5.75 Å². The van der Waals surface area contributed by atoms with E-state index in [1.165, 1.54) is 7.11 Å². The van der Waals surface area contributed by atoms with Crippen LogP contribution in [0.25, 0.3) is 0 Å². The first-order valence-corrected chi connectivity index (χ1v) is 8.74. The molecule has 3 N–H and O–H groups in total. The molecule has 3 amide bonds. The average Bonchev–Trinajstić information content (AvgIpc) is 2.68. The third-order valence-electron chi connectivity index (χ3n) is 4.30. The van der Waals surface area contributed by atoms with E-state index in [2.05, 4.69) is 16.0 Å². The third kappa shape index (κ3) is 3.92. The van der Waals surface area contributed by atoms with Gasteiger partial charge in [0, 0.05) is 16.8 Å². The monoisotopic (exact) mass is 396 g/mol. The highest BCUT2D eigenvalue weighted by Gasteiger charge is 2.31. The van der Waals surface area contributed by atoms with Crippen LogP contribution >= 0.6 is 11.6 Å². The number of nitrogens with zero attached hydrogens (tertiary/aromatic N) is 1. The zero-order valence-electron chi connectivity index (χ0n) is 15.2. The molecular weight excluding hydrogens is 380 g/mol. The normalized spacial score (nSPS) is 15.9. The van der Waals surface area contributed by atoms with Gasteiger partial charge < -0.3 is 20.7 Å². The van der Waals surface area contributed by atoms with Gasteiger partial charge in [0.2, 0.25) is 0 Å². The van der Waals surface area contributed by atoms with Gasteiger partial charge in [-0.1, -0.05) is 23.7 Å². The van der Waals surface area contributed by atoms with Gasteiger partial charge in [0.05, 0.1) is 36.0 Å². The molecule has 0 aromatic heterocycles. The van der Waals surface area contributed by atoms with Gasteiger partial charge in [0.25, 0.3) is 5.91 Å². The minimum absolute atomic E-state index is 0.348. The zero-order valence-corrected chi connectivity index (χ0v) is 15.9. The highest BCUT2D eigenvalue weighted by molar-refractivity contribution is 6.30. The fraction of sp³-hybridized carbons (Fsp3) is 0.150. The number of carbonyl (C=O) groups is 2. The zero-order chi connectivity index (χ0) is 20.3. The Hall–Kier alpha value is -3.50. The second kappa shape index (κ2) is 8.03. The fourth-order valence-electron chi connectivity index (χ4n) is 2.95. The molecule has 142 valence electrons. The quantitative estimate of drug-likeness (QED) is 0.735. The summed E-state index contributed by atoms with van der Waals surface area (Å²) in [5.74, 6) is 0.0156. The van der Waals surface area contributed by atoms with Crippen LogP contribution in [0.5, 0.6) is 5.75 Å². The van der Waals surface area contributed by atoms with Gasteiger partial charge in [0.15, 0.2) is 0 Å². The molecular formula is C20H17ClN4O3. The Morgan fingerprint density at radius 1 is 1.25 bits per heavy atom. The Kier molecular flexibility index (Phi) is 5.52. The molecule has 2 aromatic rings. The maximum Gasteiger partial charge on any atom is 0.319 e. The van der Waals surface area contributed by atoms with Crippen molar-refractivity contribution in [2.75, 3.05) is 12.4 Å². The van der Waals surface area contributed by atoms with Crippen molar-refractivity contribution in [3.8, 4) is 11.8 Å². The van der Waals surface area contributed by atoms with Crippen molar-refractivity contribution < 1.29 is 14.3 Å². The van der Waals surface area contributed by atoms with Crippen LogP contribution in [-0.4, -0.2) is 19.0 Å². The van der Waals surface area contributed by atoms with Crippen LogP contribution in [0.1, 0.15) is 24.1 Å². The van der Waals surface area contributed by atoms with Crippen molar-refractivity contribution in [1.82, 2.24) is 10.6 Å². The highest BCUT2D eigenvalue weighted by Crippen LogP contribution is 2.31. The number of rotatable bonds is 4. The highest BCUT2D eigenvalue weighted by atomic mass is 35.5. The van der Waals surface area contributed by atoms with E-state index in [-0.39, 0.29) is 0 Å².